The maximum atomic E-state index is 11.0. The van der Waals surface area contributed by atoms with Gasteiger partial charge in [0.15, 0.2) is 0 Å². The molecule has 0 saturated heterocycles. The SMILES string of the molecule is CC(CO)(NCCCS(C)(=O)=O)C1CCCCC1. The van der Waals surface area contributed by atoms with Crippen LogP contribution in [0.15, 0.2) is 0 Å². The van der Waals surface area contributed by atoms with Crippen LogP contribution < -0.4 is 5.32 Å². The molecule has 0 heterocycles. The highest BCUT2D eigenvalue weighted by atomic mass is 32.2. The standard InChI is InChI=1S/C13H27NO3S/c1-13(11-15,12-7-4-3-5-8-12)14-9-6-10-18(2,16)17/h12,14-15H,3-11H2,1-2H3. The van der Waals surface area contributed by atoms with Crippen LogP contribution >= 0.6 is 0 Å². The lowest BCUT2D eigenvalue weighted by Crippen LogP contribution is -2.52. The second-order valence-electron chi connectivity index (χ2n) is 5.82. The molecule has 1 unspecified atom stereocenters. The molecule has 0 radical (unpaired) electrons. The van der Waals surface area contributed by atoms with E-state index < -0.39 is 9.84 Å². The van der Waals surface area contributed by atoms with Gasteiger partial charge in [0, 0.05) is 11.8 Å². The maximum absolute atomic E-state index is 11.0. The molecule has 0 aromatic rings. The summed E-state index contributed by atoms with van der Waals surface area (Å²) in [5.74, 6) is 0.723. The summed E-state index contributed by atoms with van der Waals surface area (Å²) < 4.78 is 22.1. The zero-order valence-electron chi connectivity index (χ0n) is 11.6. The van der Waals surface area contributed by atoms with Crippen LogP contribution in [-0.4, -0.2) is 44.2 Å². The number of nitrogens with one attached hydrogen (secondary N) is 1. The van der Waals surface area contributed by atoms with Gasteiger partial charge in [0.25, 0.3) is 0 Å². The van der Waals surface area contributed by atoms with Crippen LogP contribution in [0.3, 0.4) is 0 Å². The summed E-state index contributed by atoms with van der Waals surface area (Å²) >= 11 is 0. The minimum Gasteiger partial charge on any atom is -0.394 e. The highest BCUT2D eigenvalue weighted by molar-refractivity contribution is 7.90. The summed E-state index contributed by atoms with van der Waals surface area (Å²) in [6.07, 6.45) is 7.98. The van der Waals surface area contributed by atoms with E-state index in [0.717, 1.165) is 12.8 Å². The normalized spacial score (nSPS) is 21.7. The van der Waals surface area contributed by atoms with Crippen molar-refractivity contribution in [2.24, 2.45) is 5.92 Å². The topological polar surface area (TPSA) is 66.4 Å². The molecule has 2 N–H and O–H groups in total. The average Bonchev–Trinajstić information content (AvgIpc) is 2.34. The van der Waals surface area contributed by atoms with Crippen LogP contribution in [0, 0.1) is 5.92 Å². The van der Waals surface area contributed by atoms with Crippen molar-refractivity contribution in [2.75, 3.05) is 25.2 Å². The van der Waals surface area contributed by atoms with Crippen LogP contribution in [0.25, 0.3) is 0 Å². The molecule has 1 aliphatic carbocycles. The Balaban J connectivity index is 2.39. The fraction of sp³-hybridized carbons (Fsp3) is 1.00. The number of rotatable bonds is 7. The molecule has 0 spiro atoms. The van der Waals surface area contributed by atoms with Gasteiger partial charge in [-0.3, -0.25) is 0 Å². The summed E-state index contributed by atoms with van der Waals surface area (Å²) in [5.41, 5.74) is -0.252. The average molecular weight is 277 g/mol. The fourth-order valence-electron chi connectivity index (χ4n) is 2.78. The predicted octanol–water partition coefficient (Wildman–Crippen LogP) is 1.34. The predicted molar refractivity (Wildman–Crippen MR) is 74.4 cm³/mol. The zero-order valence-corrected chi connectivity index (χ0v) is 12.4. The van der Waals surface area contributed by atoms with Crippen molar-refractivity contribution in [3.8, 4) is 0 Å². The molecule has 0 amide bonds. The Bertz CT molecular complexity index is 336. The highest BCUT2D eigenvalue weighted by Gasteiger charge is 2.33. The molecular weight excluding hydrogens is 250 g/mol. The van der Waals surface area contributed by atoms with Crippen molar-refractivity contribution in [1.29, 1.82) is 0 Å². The van der Waals surface area contributed by atoms with E-state index in [2.05, 4.69) is 12.2 Å². The van der Waals surface area contributed by atoms with Gasteiger partial charge in [0.2, 0.25) is 0 Å². The van der Waals surface area contributed by atoms with E-state index in [9.17, 15) is 13.5 Å². The first-order valence-electron chi connectivity index (χ1n) is 6.91. The Morgan fingerprint density at radius 1 is 1.28 bits per heavy atom. The lowest BCUT2D eigenvalue weighted by Gasteiger charge is -2.39. The van der Waals surface area contributed by atoms with E-state index in [1.165, 1.54) is 25.5 Å². The molecule has 0 bridgehead atoms. The molecule has 5 heteroatoms. The molecule has 4 nitrogen and oxygen atoms in total. The van der Waals surface area contributed by atoms with Crippen molar-refractivity contribution in [3.05, 3.63) is 0 Å². The van der Waals surface area contributed by atoms with Gasteiger partial charge in [-0.1, -0.05) is 19.3 Å². The minimum atomic E-state index is -2.88. The van der Waals surface area contributed by atoms with Gasteiger partial charge in [-0.2, -0.15) is 0 Å². The second kappa shape index (κ2) is 6.87. The van der Waals surface area contributed by atoms with Crippen LogP contribution in [0.4, 0.5) is 0 Å². The largest absolute Gasteiger partial charge is 0.394 e. The molecule has 0 aromatic heterocycles. The van der Waals surface area contributed by atoms with Gasteiger partial charge in [-0.25, -0.2) is 8.42 Å². The van der Waals surface area contributed by atoms with Gasteiger partial charge in [0.1, 0.15) is 9.84 Å². The zero-order chi connectivity index (χ0) is 13.6. The van der Waals surface area contributed by atoms with E-state index in [4.69, 9.17) is 0 Å². The summed E-state index contributed by atoms with van der Waals surface area (Å²) in [5, 5.41) is 13.0. The van der Waals surface area contributed by atoms with Crippen molar-refractivity contribution < 1.29 is 13.5 Å². The van der Waals surface area contributed by atoms with Gasteiger partial charge in [-0.15, -0.1) is 0 Å². The maximum Gasteiger partial charge on any atom is 0.147 e. The minimum absolute atomic E-state index is 0.122. The molecule has 1 fully saturated rings. The molecule has 0 aliphatic heterocycles. The number of sulfone groups is 1. The highest BCUT2D eigenvalue weighted by Crippen LogP contribution is 2.32. The molecule has 1 rings (SSSR count). The second-order valence-corrected chi connectivity index (χ2v) is 8.08. The Morgan fingerprint density at radius 2 is 1.89 bits per heavy atom. The van der Waals surface area contributed by atoms with Crippen molar-refractivity contribution in [1.82, 2.24) is 5.32 Å². The lowest BCUT2D eigenvalue weighted by molar-refractivity contribution is 0.0956. The molecule has 1 saturated carbocycles. The summed E-state index contributed by atoms with van der Waals surface area (Å²) in [4.78, 5) is 0. The quantitative estimate of drug-likeness (QED) is 0.689. The molecule has 108 valence electrons. The first kappa shape index (κ1) is 15.9. The molecule has 1 aliphatic rings. The molecule has 0 aromatic carbocycles. The fourth-order valence-corrected chi connectivity index (χ4v) is 3.45. The molecule has 1 atom stereocenters. The Hall–Kier alpha value is -0.130. The molecule has 18 heavy (non-hydrogen) atoms. The monoisotopic (exact) mass is 277 g/mol. The first-order chi connectivity index (χ1) is 8.37. The van der Waals surface area contributed by atoms with E-state index >= 15 is 0 Å². The van der Waals surface area contributed by atoms with Gasteiger partial charge in [0.05, 0.1) is 12.4 Å². The van der Waals surface area contributed by atoms with Crippen LogP contribution in [-0.2, 0) is 9.84 Å². The lowest BCUT2D eigenvalue weighted by atomic mass is 9.76. The number of hydrogen-bond donors (Lipinski definition) is 2. The Kier molecular flexibility index (Phi) is 6.08. The summed E-state index contributed by atoms with van der Waals surface area (Å²) in [6.45, 7) is 2.83. The number of hydrogen-bond acceptors (Lipinski definition) is 4. The van der Waals surface area contributed by atoms with E-state index in [-0.39, 0.29) is 17.9 Å². The van der Waals surface area contributed by atoms with E-state index in [0.29, 0.717) is 18.9 Å². The van der Waals surface area contributed by atoms with Crippen LogP contribution in [0.5, 0.6) is 0 Å². The summed E-state index contributed by atoms with van der Waals surface area (Å²) in [6, 6.07) is 0. The number of aliphatic hydroxyl groups excluding tert-OH is 1. The van der Waals surface area contributed by atoms with Crippen molar-refractivity contribution in [3.63, 3.8) is 0 Å². The number of aliphatic hydroxyl groups is 1. The van der Waals surface area contributed by atoms with Gasteiger partial charge >= 0.3 is 0 Å². The van der Waals surface area contributed by atoms with Gasteiger partial charge < -0.3 is 10.4 Å². The first-order valence-corrected chi connectivity index (χ1v) is 8.97. The summed E-state index contributed by atoms with van der Waals surface area (Å²) in [7, 11) is -2.88. The van der Waals surface area contributed by atoms with Crippen molar-refractivity contribution in [2.45, 2.75) is 51.0 Å². The third-order valence-corrected chi connectivity index (χ3v) is 5.09. The van der Waals surface area contributed by atoms with Crippen LogP contribution in [0.2, 0.25) is 0 Å². The van der Waals surface area contributed by atoms with Gasteiger partial charge in [-0.05, 0) is 38.6 Å². The molecular formula is C13H27NO3S. The van der Waals surface area contributed by atoms with Crippen molar-refractivity contribution >= 4 is 9.84 Å². The van der Waals surface area contributed by atoms with E-state index in [1.54, 1.807) is 0 Å². The Labute approximate surface area is 111 Å². The third-order valence-electron chi connectivity index (χ3n) is 4.06. The Morgan fingerprint density at radius 3 is 2.39 bits per heavy atom. The van der Waals surface area contributed by atoms with Crippen LogP contribution in [0.1, 0.15) is 45.4 Å². The smallest absolute Gasteiger partial charge is 0.147 e. The third kappa shape index (κ3) is 5.24. The van der Waals surface area contributed by atoms with E-state index in [1.807, 2.05) is 0 Å².